The number of guanidine groups is 1. The van der Waals surface area contributed by atoms with Gasteiger partial charge in [-0.3, -0.25) is 0 Å². The molecule has 0 unspecified atom stereocenters. The van der Waals surface area contributed by atoms with Crippen LogP contribution in [0.25, 0.3) is 0 Å². The first-order valence-electron chi connectivity index (χ1n) is 8.69. The molecule has 2 aromatic rings. The highest BCUT2D eigenvalue weighted by atomic mass is 16.5. The summed E-state index contributed by atoms with van der Waals surface area (Å²) < 4.78 is 13.1. The first-order valence-corrected chi connectivity index (χ1v) is 8.69. The highest BCUT2D eigenvalue weighted by molar-refractivity contribution is 5.79. The summed E-state index contributed by atoms with van der Waals surface area (Å²) in [7, 11) is 1.65. The molecule has 0 radical (unpaired) electrons. The van der Waals surface area contributed by atoms with E-state index in [1.165, 1.54) is 0 Å². The van der Waals surface area contributed by atoms with Crippen LogP contribution in [-0.2, 0) is 13.1 Å². The van der Waals surface area contributed by atoms with Crippen LogP contribution in [0.4, 0.5) is 0 Å². The first-order chi connectivity index (χ1) is 12.3. The summed E-state index contributed by atoms with van der Waals surface area (Å²) in [6, 6.07) is 9.97. The van der Waals surface area contributed by atoms with Crippen molar-refractivity contribution in [3.8, 4) is 11.5 Å². The average molecular weight is 344 g/mol. The summed E-state index contributed by atoms with van der Waals surface area (Å²) in [6.45, 7) is 7.73. The molecular formula is C19H28N4O2. The fourth-order valence-electron chi connectivity index (χ4n) is 2.42. The van der Waals surface area contributed by atoms with E-state index in [-0.39, 0.29) is 0 Å². The third-order valence-corrected chi connectivity index (χ3v) is 3.62. The molecule has 0 amide bonds. The van der Waals surface area contributed by atoms with Gasteiger partial charge in [0, 0.05) is 32.0 Å². The zero-order valence-electron chi connectivity index (χ0n) is 15.3. The van der Waals surface area contributed by atoms with E-state index in [0.717, 1.165) is 42.7 Å². The summed E-state index contributed by atoms with van der Waals surface area (Å²) in [6.07, 6.45) is 4.11. The quantitative estimate of drug-likeness (QED) is 0.542. The van der Waals surface area contributed by atoms with Crippen molar-refractivity contribution in [2.24, 2.45) is 4.99 Å². The molecule has 1 aromatic carbocycles. The summed E-state index contributed by atoms with van der Waals surface area (Å²) in [4.78, 5) is 4.64. The Morgan fingerprint density at radius 1 is 1.12 bits per heavy atom. The Kier molecular flexibility index (Phi) is 7.69. The second-order valence-electron chi connectivity index (χ2n) is 5.46. The van der Waals surface area contributed by atoms with Gasteiger partial charge in [-0.1, -0.05) is 6.07 Å². The number of nitrogens with zero attached hydrogens (tertiary/aromatic N) is 2. The van der Waals surface area contributed by atoms with E-state index >= 15 is 0 Å². The van der Waals surface area contributed by atoms with Crippen molar-refractivity contribution in [1.82, 2.24) is 15.2 Å². The lowest BCUT2D eigenvalue weighted by Gasteiger charge is -2.13. The molecule has 6 heteroatoms. The molecule has 0 aliphatic heterocycles. The van der Waals surface area contributed by atoms with Gasteiger partial charge in [-0.05, 0) is 43.7 Å². The molecule has 0 bridgehead atoms. The summed E-state index contributed by atoms with van der Waals surface area (Å²) >= 11 is 0. The predicted octanol–water partition coefficient (Wildman–Crippen LogP) is 2.65. The topological polar surface area (TPSA) is 59.8 Å². The van der Waals surface area contributed by atoms with Crippen LogP contribution < -0.4 is 20.1 Å². The highest BCUT2D eigenvalue weighted by Crippen LogP contribution is 2.28. The molecule has 6 nitrogen and oxygen atoms in total. The number of hydrogen-bond acceptors (Lipinski definition) is 3. The van der Waals surface area contributed by atoms with Gasteiger partial charge in [0.2, 0.25) is 0 Å². The Bertz CT molecular complexity index is 653. The predicted molar refractivity (Wildman–Crippen MR) is 101 cm³/mol. The maximum Gasteiger partial charge on any atom is 0.191 e. The van der Waals surface area contributed by atoms with E-state index in [9.17, 15) is 0 Å². The Morgan fingerprint density at radius 3 is 2.60 bits per heavy atom. The minimum absolute atomic E-state index is 0.571. The standard InChI is InChI=1S/C19H28N4O2/c1-4-20-19(21-10-13-23-11-6-7-12-23)22-15-16-8-9-17(25-5-2)18(14-16)24-3/h6-9,11-12,14H,4-5,10,13,15H2,1-3H3,(H2,20,21,22). The summed E-state index contributed by atoms with van der Waals surface area (Å²) in [5.74, 6) is 2.30. The number of aromatic nitrogens is 1. The maximum atomic E-state index is 5.55. The van der Waals surface area contributed by atoms with Crippen LogP contribution in [0.5, 0.6) is 11.5 Å². The van der Waals surface area contributed by atoms with Crippen LogP contribution in [0.15, 0.2) is 47.7 Å². The van der Waals surface area contributed by atoms with Gasteiger partial charge in [0.1, 0.15) is 0 Å². The monoisotopic (exact) mass is 344 g/mol. The van der Waals surface area contributed by atoms with Gasteiger partial charge in [-0.15, -0.1) is 0 Å². The van der Waals surface area contributed by atoms with E-state index in [0.29, 0.717) is 13.2 Å². The van der Waals surface area contributed by atoms with Crippen molar-refractivity contribution < 1.29 is 9.47 Å². The molecule has 1 aromatic heterocycles. The molecule has 1 heterocycles. The van der Waals surface area contributed by atoms with E-state index in [4.69, 9.17) is 9.47 Å². The minimum atomic E-state index is 0.571. The number of hydrogen-bond donors (Lipinski definition) is 2. The van der Waals surface area contributed by atoms with E-state index in [1.807, 2.05) is 37.3 Å². The van der Waals surface area contributed by atoms with Crippen LogP contribution in [0, 0.1) is 0 Å². The Labute approximate surface area is 149 Å². The molecular weight excluding hydrogens is 316 g/mol. The first kappa shape index (κ1) is 18.7. The third kappa shape index (κ3) is 6.06. The molecule has 0 aliphatic rings. The number of ether oxygens (including phenoxy) is 2. The third-order valence-electron chi connectivity index (χ3n) is 3.62. The van der Waals surface area contributed by atoms with Crippen molar-refractivity contribution in [2.45, 2.75) is 26.9 Å². The molecule has 25 heavy (non-hydrogen) atoms. The van der Waals surface area contributed by atoms with Crippen molar-refractivity contribution in [1.29, 1.82) is 0 Å². The SMILES string of the molecule is CCNC(=NCc1ccc(OCC)c(OC)c1)NCCn1cccc1. The normalized spacial score (nSPS) is 11.2. The Morgan fingerprint density at radius 2 is 1.92 bits per heavy atom. The minimum Gasteiger partial charge on any atom is -0.493 e. The Hall–Kier alpha value is -2.63. The van der Waals surface area contributed by atoms with Crippen LogP contribution in [-0.4, -0.2) is 37.3 Å². The second-order valence-corrected chi connectivity index (χ2v) is 5.46. The van der Waals surface area contributed by atoms with Gasteiger partial charge in [0.25, 0.3) is 0 Å². The summed E-state index contributed by atoms with van der Waals surface area (Å²) in [5.41, 5.74) is 1.07. The van der Waals surface area contributed by atoms with Gasteiger partial charge in [0.05, 0.1) is 20.3 Å². The molecule has 0 fully saturated rings. The van der Waals surface area contributed by atoms with Crippen LogP contribution >= 0.6 is 0 Å². The molecule has 0 spiro atoms. The van der Waals surface area contributed by atoms with E-state index in [2.05, 4.69) is 39.5 Å². The Balaban J connectivity index is 1.95. The molecule has 2 rings (SSSR count). The average Bonchev–Trinajstić information content (AvgIpc) is 3.14. The van der Waals surface area contributed by atoms with Gasteiger partial charge >= 0.3 is 0 Å². The number of benzene rings is 1. The van der Waals surface area contributed by atoms with Crippen molar-refractivity contribution >= 4 is 5.96 Å². The highest BCUT2D eigenvalue weighted by Gasteiger charge is 2.05. The molecule has 0 saturated heterocycles. The lowest BCUT2D eigenvalue weighted by molar-refractivity contribution is 0.310. The van der Waals surface area contributed by atoms with Gasteiger partial charge < -0.3 is 24.7 Å². The number of nitrogens with one attached hydrogen (secondary N) is 2. The molecule has 136 valence electrons. The maximum absolute atomic E-state index is 5.55. The van der Waals surface area contributed by atoms with Gasteiger partial charge in [0.15, 0.2) is 17.5 Å². The van der Waals surface area contributed by atoms with Crippen molar-refractivity contribution in [3.63, 3.8) is 0 Å². The molecule has 0 saturated carbocycles. The number of rotatable bonds is 9. The van der Waals surface area contributed by atoms with Gasteiger partial charge in [-0.25, -0.2) is 4.99 Å². The zero-order valence-corrected chi connectivity index (χ0v) is 15.3. The lowest BCUT2D eigenvalue weighted by atomic mass is 10.2. The fourth-order valence-corrected chi connectivity index (χ4v) is 2.42. The molecule has 0 aliphatic carbocycles. The zero-order chi connectivity index (χ0) is 17.9. The summed E-state index contributed by atoms with van der Waals surface area (Å²) in [5, 5.41) is 6.62. The largest absolute Gasteiger partial charge is 0.493 e. The van der Waals surface area contributed by atoms with Crippen LogP contribution in [0.1, 0.15) is 19.4 Å². The van der Waals surface area contributed by atoms with E-state index in [1.54, 1.807) is 7.11 Å². The van der Waals surface area contributed by atoms with Gasteiger partial charge in [-0.2, -0.15) is 0 Å². The smallest absolute Gasteiger partial charge is 0.191 e. The number of aliphatic imine (C=N–C) groups is 1. The number of methoxy groups -OCH3 is 1. The second kappa shape index (κ2) is 10.3. The van der Waals surface area contributed by atoms with Crippen LogP contribution in [0.2, 0.25) is 0 Å². The molecule has 2 N–H and O–H groups in total. The lowest BCUT2D eigenvalue weighted by Crippen LogP contribution is -2.38. The molecule has 0 atom stereocenters. The van der Waals surface area contributed by atoms with Crippen molar-refractivity contribution in [2.75, 3.05) is 26.8 Å². The fraction of sp³-hybridized carbons (Fsp3) is 0.421. The van der Waals surface area contributed by atoms with Crippen LogP contribution in [0.3, 0.4) is 0 Å². The van der Waals surface area contributed by atoms with Crippen molar-refractivity contribution in [3.05, 3.63) is 48.3 Å². The van der Waals surface area contributed by atoms with E-state index < -0.39 is 0 Å².